The SMILES string of the molecule is COCCN1CCCC1CNC(=O)C(N)COC. The lowest BCUT2D eigenvalue weighted by atomic mass is 10.2. The molecule has 3 N–H and O–H groups in total. The average molecular weight is 259 g/mol. The van der Waals surface area contributed by atoms with E-state index in [0.717, 1.165) is 26.1 Å². The van der Waals surface area contributed by atoms with Gasteiger partial charge < -0.3 is 20.5 Å². The maximum absolute atomic E-state index is 11.7. The van der Waals surface area contributed by atoms with Gasteiger partial charge >= 0.3 is 0 Å². The predicted molar refractivity (Wildman–Crippen MR) is 69.3 cm³/mol. The average Bonchev–Trinajstić information content (AvgIpc) is 2.81. The molecule has 0 spiro atoms. The number of nitrogens with zero attached hydrogens (tertiary/aromatic N) is 1. The van der Waals surface area contributed by atoms with Crippen molar-refractivity contribution in [3.05, 3.63) is 0 Å². The Morgan fingerprint density at radius 2 is 2.28 bits per heavy atom. The minimum atomic E-state index is -0.580. The van der Waals surface area contributed by atoms with E-state index in [4.69, 9.17) is 15.2 Å². The summed E-state index contributed by atoms with van der Waals surface area (Å²) < 4.78 is 9.94. The van der Waals surface area contributed by atoms with E-state index >= 15 is 0 Å². The maximum atomic E-state index is 11.7. The molecule has 0 aromatic heterocycles. The highest BCUT2D eigenvalue weighted by atomic mass is 16.5. The van der Waals surface area contributed by atoms with Gasteiger partial charge in [-0.05, 0) is 19.4 Å². The number of likely N-dealkylation sites (tertiary alicyclic amines) is 1. The van der Waals surface area contributed by atoms with E-state index in [-0.39, 0.29) is 12.5 Å². The molecule has 0 radical (unpaired) electrons. The summed E-state index contributed by atoms with van der Waals surface area (Å²) in [6, 6.07) is -0.178. The Morgan fingerprint density at radius 1 is 1.50 bits per heavy atom. The molecule has 0 bridgehead atoms. The number of carbonyl (C=O) groups is 1. The number of methoxy groups -OCH3 is 2. The van der Waals surface area contributed by atoms with Gasteiger partial charge in [-0.2, -0.15) is 0 Å². The lowest BCUT2D eigenvalue weighted by Gasteiger charge is -2.24. The molecule has 1 fully saturated rings. The minimum Gasteiger partial charge on any atom is -0.383 e. The summed E-state index contributed by atoms with van der Waals surface area (Å²) in [5.74, 6) is -0.143. The first-order valence-electron chi connectivity index (χ1n) is 6.44. The second kappa shape index (κ2) is 8.42. The Bertz CT molecular complexity index is 251. The molecule has 0 aliphatic carbocycles. The number of hydrogen-bond acceptors (Lipinski definition) is 5. The molecule has 2 unspecified atom stereocenters. The van der Waals surface area contributed by atoms with Crippen molar-refractivity contribution in [2.45, 2.75) is 24.9 Å². The molecule has 1 aliphatic rings. The largest absolute Gasteiger partial charge is 0.383 e. The van der Waals surface area contributed by atoms with Crippen LogP contribution in [0.25, 0.3) is 0 Å². The molecule has 1 aliphatic heterocycles. The Morgan fingerprint density at radius 3 is 2.94 bits per heavy atom. The van der Waals surface area contributed by atoms with E-state index in [1.54, 1.807) is 7.11 Å². The Labute approximate surface area is 109 Å². The van der Waals surface area contributed by atoms with Crippen LogP contribution in [-0.4, -0.2) is 70.0 Å². The number of ether oxygens (including phenoxy) is 2. The molecule has 0 saturated carbocycles. The standard InChI is InChI=1S/C12H25N3O3/c1-17-7-6-15-5-3-4-10(15)8-14-12(16)11(13)9-18-2/h10-11H,3-9,13H2,1-2H3,(H,14,16). The molecule has 1 rings (SSSR count). The quantitative estimate of drug-likeness (QED) is 0.596. The van der Waals surface area contributed by atoms with E-state index in [0.29, 0.717) is 12.6 Å². The Kier molecular flexibility index (Phi) is 7.19. The smallest absolute Gasteiger partial charge is 0.239 e. The normalized spacial score (nSPS) is 22.1. The number of nitrogens with two attached hydrogens (primary N) is 1. The minimum absolute atomic E-state index is 0.143. The monoisotopic (exact) mass is 259 g/mol. The van der Waals surface area contributed by atoms with Gasteiger partial charge in [0.25, 0.3) is 0 Å². The van der Waals surface area contributed by atoms with Gasteiger partial charge in [0.05, 0.1) is 13.2 Å². The highest BCUT2D eigenvalue weighted by Crippen LogP contribution is 2.15. The van der Waals surface area contributed by atoms with E-state index in [2.05, 4.69) is 10.2 Å². The van der Waals surface area contributed by atoms with Crippen LogP contribution in [0.3, 0.4) is 0 Å². The van der Waals surface area contributed by atoms with Crippen molar-refractivity contribution < 1.29 is 14.3 Å². The van der Waals surface area contributed by atoms with Gasteiger partial charge in [0, 0.05) is 33.4 Å². The number of carbonyl (C=O) groups excluding carboxylic acids is 1. The zero-order valence-corrected chi connectivity index (χ0v) is 11.4. The summed E-state index contributed by atoms with van der Waals surface area (Å²) >= 11 is 0. The van der Waals surface area contributed by atoms with Crippen LogP contribution < -0.4 is 11.1 Å². The van der Waals surface area contributed by atoms with Crippen molar-refractivity contribution in [3.8, 4) is 0 Å². The fourth-order valence-corrected chi connectivity index (χ4v) is 2.23. The molecular formula is C12H25N3O3. The summed E-state index contributed by atoms with van der Waals surface area (Å²) in [5, 5.41) is 2.89. The molecule has 18 heavy (non-hydrogen) atoms. The molecule has 106 valence electrons. The van der Waals surface area contributed by atoms with Gasteiger partial charge in [0.15, 0.2) is 0 Å². The van der Waals surface area contributed by atoms with Gasteiger partial charge in [-0.1, -0.05) is 0 Å². The first-order chi connectivity index (χ1) is 8.69. The predicted octanol–water partition coefficient (Wildman–Crippen LogP) is -0.813. The highest BCUT2D eigenvalue weighted by Gasteiger charge is 2.25. The van der Waals surface area contributed by atoms with E-state index in [9.17, 15) is 4.79 Å². The zero-order chi connectivity index (χ0) is 13.4. The van der Waals surface area contributed by atoms with Crippen LogP contribution in [0, 0.1) is 0 Å². The van der Waals surface area contributed by atoms with Crippen molar-refractivity contribution in [2.24, 2.45) is 5.73 Å². The van der Waals surface area contributed by atoms with Crippen LogP contribution in [0.1, 0.15) is 12.8 Å². The van der Waals surface area contributed by atoms with Gasteiger partial charge in [0.1, 0.15) is 6.04 Å². The number of hydrogen-bond donors (Lipinski definition) is 2. The highest BCUT2D eigenvalue weighted by molar-refractivity contribution is 5.81. The first-order valence-corrected chi connectivity index (χ1v) is 6.44. The van der Waals surface area contributed by atoms with Crippen molar-refractivity contribution in [1.82, 2.24) is 10.2 Å². The third kappa shape index (κ3) is 4.89. The van der Waals surface area contributed by atoms with Crippen molar-refractivity contribution in [1.29, 1.82) is 0 Å². The number of nitrogens with one attached hydrogen (secondary N) is 1. The van der Waals surface area contributed by atoms with Gasteiger partial charge in [-0.25, -0.2) is 0 Å². The fourth-order valence-electron chi connectivity index (χ4n) is 2.23. The van der Waals surface area contributed by atoms with Gasteiger partial charge in [0.2, 0.25) is 5.91 Å². The van der Waals surface area contributed by atoms with Crippen LogP contribution >= 0.6 is 0 Å². The molecule has 0 aromatic carbocycles. The summed E-state index contributed by atoms with van der Waals surface area (Å²) in [4.78, 5) is 14.0. The lowest BCUT2D eigenvalue weighted by molar-refractivity contribution is -0.123. The van der Waals surface area contributed by atoms with Gasteiger partial charge in [-0.3, -0.25) is 9.69 Å². The van der Waals surface area contributed by atoms with Crippen molar-refractivity contribution in [3.63, 3.8) is 0 Å². The summed E-state index contributed by atoms with van der Waals surface area (Å²) in [6.07, 6.45) is 2.29. The van der Waals surface area contributed by atoms with Crippen molar-refractivity contribution >= 4 is 5.91 Å². The van der Waals surface area contributed by atoms with E-state index in [1.807, 2.05) is 0 Å². The zero-order valence-electron chi connectivity index (χ0n) is 11.4. The van der Waals surface area contributed by atoms with Crippen LogP contribution in [-0.2, 0) is 14.3 Å². The summed E-state index contributed by atoms with van der Waals surface area (Å²) in [6.45, 7) is 3.63. The van der Waals surface area contributed by atoms with E-state index in [1.165, 1.54) is 13.5 Å². The second-order valence-electron chi connectivity index (χ2n) is 4.63. The van der Waals surface area contributed by atoms with Crippen molar-refractivity contribution in [2.75, 3.05) is 47.1 Å². The second-order valence-corrected chi connectivity index (χ2v) is 4.63. The number of amides is 1. The summed E-state index contributed by atoms with van der Waals surface area (Å²) in [5.41, 5.74) is 5.66. The molecule has 1 saturated heterocycles. The fraction of sp³-hybridized carbons (Fsp3) is 0.917. The summed E-state index contributed by atoms with van der Waals surface area (Å²) in [7, 11) is 3.24. The molecule has 0 aromatic rings. The van der Waals surface area contributed by atoms with Crippen LogP contribution in [0.15, 0.2) is 0 Å². The molecule has 1 heterocycles. The van der Waals surface area contributed by atoms with E-state index < -0.39 is 6.04 Å². The molecule has 6 heteroatoms. The molecule has 1 amide bonds. The maximum Gasteiger partial charge on any atom is 0.239 e. The molecule has 2 atom stereocenters. The topological polar surface area (TPSA) is 76.8 Å². The third-order valence-electron chi connectivity index (χ3n) is 3.28. The van der Waals surface area contributed by atoms with Crippen LogP contribution in [0.2, 0.25) is 0 Å². The third-order valence-corrected chi connectivity index (χ3v) is 3.28. The first kappa shape index (κ1) is 15.4. The number of rotatable bonds is 8. The van der Waals surface area contributed by atoms with Crippen LogP contribution in [0.4, 0.5) is 0 Å². The Balaban J connectivity index is 2.26. The van der Waals surface area contributed by atoms with Gasteiger partial charge in [-0.15, -0.1) is 0 Å². The Hall–Kier alpha value is -0.690. The molecule has 6 nitrogen and oxygen atoms in total. The lowest BCUT2D eigenvalue weighted by Crippen LogP contribution is -2.48. The van der Waals surface area contributed by atoms with Crippen LogP contribution in [0.5, 0.6) is 0 Å². The molecular weight excluding hydrogens is 234 g/mol.